The second-order valence-corrected chi connectivity index (χ2v) is 5.99. The Morgan fingerprint density at radius 3 is 2.55 bits per heavy atom. The highest BCUT2D eigenvalue weighted by Gasteiger charge is 2.17. The predicted molar refractivity (Wildman–Crippen MR) is 104 cm³/mol. The van der Waals surface area contributed by atoms with E-state index in [-0.39, 0.29) is 16.8 Å². The third-order valence-corrected chi connectivity index (χ3v) is 4.06. The summed E-state index contributed by atoms with van der Waals surface area (Å²) in [6.45, 7) is 3.65. The van der Waals surface area contributed by atoms with Gasteiger partial charge in [-0.1, -0.05) is 30.3 Å². The van der Waals surface area contributed by atoms with Crippen LogP contribution in [0.4, 0.5) is 5.69 Å². The van der Waals surface area contributed by atoms with E-state index >= 15 is 0 Å². The summed E-state index contributed by atoms with van der Waals surface area (Å²) in [5.74, 6) is -1.66. The second kappa shape index (κ2) is 8.17. The van der Waals surface area contributed by atoms with E-state index in [0.29, 0.717) is 17.4 Å². The number of nitro benzene ring substituents is 1. The van der Waals surface area contributed by atoms with Gasteiger partial charge >= 0.3 is 5.63 Å². The Kier molecular flexibility index (Phi) is 5.49. The molecule has 0 radical (unpaired) electrons. The van der Waals surface area contributed by atoms with Gasteiger partial charge in [0.25, 0.3) is 17.5 Å². The summed E-state index contributed by atoms with van der Waals surface area (Å²) in [5.41, 5.74) is 3.87. The maximum atomic E-state index is 12.3. The van der Waals surface area contributed by atoms with Crippen molar-refractivity contribution in [1.82, 2.24) is 10.9 Å². The Morgan fingerprint density at radius 1 is 1.10 bits per heavy atom. The number of benzene rings is 2. The quantitative estimate of drug-likeness (QED) is 0.296. The van der Waals surface area contributed by atoms with Crippen LogP contribution >= 0.6 is 0 Å². The average molecular weight is 393 g/mol. The van der Waals surface area contributed by atoms with E-state index in [1.54, 1.807) is 24.3 Å². The number of amides is 2. The minimum absolute atomic E-state index is 0.0286. The summed E-state index contributed by atoms with van der Waals surface area (Å²) >= 11 is 0. The number of nitro groups is 1. The standard InChI is InChI=1S/C20H15N3O6/c1-2-5-12-6-3-7-13-11-16(20(26)29-17(12)13)19(25)22-21-18(24)14-8-4-9-15(10-14)23(27)28/h2-4,6-11H,1,5H2,(H,21,24)(H,22,25). The summed E-state index contributed by atoms with van der Waals surface area (Å²) in [7, 11) is 0. The zero-order chi connectivity index (χ0) is 21.0. The molecular weight excluding hydrogens is 378 g/mol. The molecule has 2 aromatic carbocycles. The normalized spacial score (nSPS) is 10.3. The molecule has 0 aliphatic rings. The maximum Gasteiger partial charge on any atom is 0.349 e. The molecule has 0 unspecified atom stereocenters. The SMILES string of the molecule is C=CCc1cccc2cc(C(=O)NNC(=O)c3cccc([N+](=O)[O-])c3)c(=O)oc12. The molecule has 0 spiro atoms. The van der Waals surface area contributed by atoms with Crippen LogP contribution in [-0.4, -0.2) is 16.7 Å². The van der Waals surface area contributed by atoms with Gasteiger partial charge in [-0.25, -0.2) is 4.79 Å². The molecule has 3 aromatic rings. The molecular formula is C20H15N3O6. The highest BCUT2D eigenvalue weighted by molar-refractivity contribution is 6.00. The van der Waals surface area contributed by atoms with Crippen LogP contribution < -0.4 is 16.5 Å². The van der Waals surface area contributed by atoms with Gasteiger partial charge in [0.05, 0.1) is 4.92 Å². The lowest BCUT2D eigenvalue weighted by molar-refractivity contribution is -0.384. The van der Waals surface area contributed by atoms with E-state index < -0.39 is 22.4 Å². The number of carbonyl (C=O) groups is 2. The molecule has 9 heteroatoms. The lowest BCUT2D eigenvalue weighted by atomic mass is 10.1. The Balaban J connectivity index is 1.79. The van der Waals surface area contributed by atoms with Gasteiger partial charge in [0.15, 0.2) is 0 Å². The number of para-hydroxylation sites is 1. The van der Waals surface area contributed by atoms with E-state index in [9.17, 15) is 24.5 Å². The topological polar surface area (TPSA) is 132 Å². The van der Waals surface area contributed by atoms with Crippen molar-refractivity contribution >= 4 is 28.5 Å². The zero-order valence-electron chi connectivity index (χ0n) is 15.0. The number of allylic oxidation sites excluding steroid dienone is 1. The average Bonchev–Trinajstić information content (AvgIpc) is 2.72. The number of hydrazine groups is 1. The van der Waals surface area contributed by atoms with Gasteiger partial charge in [0, 0.05) is 23.1 Å². The fourth-order valence-corrected chi connectivity index (χ4v) is 2.69. The van der Waals surface area contributed by atoms with Crippen LogP contribution in [0.2, 0.25) is 0 Å². The van der Waals surface area contributed by atoms with E-state index in [4.69, 9.17) is 4.42 Å². The van der Waals surface area contributed by atoms with Gasteiger partial charge in [0.2, 0.25) is 0 Å². The molecule has 0 saturated carbocycles. The molecule has 2 amide bonds. The molecule has 0 fully saturated rings. The monoisotopic (exact) mass is 393 g/mol. The maximum absolute atomic E-state index is 12.3. The van der Waals surface area contributed by atoms with Crippen LogP contribution in [0, 0.1) is 10.1 Å². The van der Waals surface area contributed by atoms with Gasteiger partial charge < -0.3 is 4.42 Å². The van der Waals surface area contributed by atoms with Gasteiger partial charge in [0.1, 0.15) is 11.1 Å². The van der Waals surface area contributed by atoms with Crippen molar-refractivity contribution in [3.8, 4) is 0 Å². The van der Waals surface area contributed by atoms with E-state index in [1.165, 1.54) is 24.3 Å². The first-order chi connectivity index (χ1) is 13.9. The minimum atomic E-state index is -0.881. The Labute approximate surface area is 163 Å². The van der Waals surface area contributed by atoms with Gasteiger partial charge in [-0.2, -0.15) is 0 Å². The first kappa shape index (κ1) is 19.5. The predicted octanol–water partition coefficient (Wildman–Crippen LogP) is 2.50. The Morgan fingerprint density at radius 2 is 1.83 bits per heavy atom. The van der Waals surface area contributed by atoms with Crippen LogP contribution in [0.3, 0.4) is 0 Å². The molecule has 29 heavy (non-hydrogen) atoms. The highest BCUT2D eigenvalue weighted by Crippen LogP contribution is 2.19. The largest absolute Gasteiger partial charge is 0.422 e. The van der Waals surface area contributed by atoms with Crippen molar-refractivity contribution in [3.05, 3.63) is 98.4 Å². The van der Waals surface area contributed by atoms with Gasteiger partial charge in [-0.05, 0) is 24.1 Å². The molecule has 0 atom stereocenters. The van der Waals surface area contributed by atoms with Crippen molar-refractivity contribution < 1.29 is 18.9 Å². The first-order valence-corrected chi connectivity index (χ1v) is 8.42. The summed E-state index contributed by atoms with van der Waals surface area (Å²) in [6, 6.07) is 11.6. The molecule has 0 bridgehead atoms. The molecule has 1 heterocycles. The van der Waals surface area contributed by atoms with Crippen molar-refractivity contribution in [2.24, 2.45) is 0 Å². The summed E-state index contributed by atoms with van der Waals surface area (Å²) in [5, 5.41) is 11.3. The van der Waals surface area contributed by atoms with E-state index in [2.05, 4.69) is 17.4 Å². The van der Waals surface area contributed by atoms with Crippen molar-refractivity contribution in [2.45, 2.75) is 6.42 Å². The fourth-order valence-electron chi connectivity index (χ4n) is 2.69. The third-order valence-electron chi connectivity index (χ3n) is 4.06. The van der Waals surface area contributed by atoms with Gasteiger partial charge in [-0.15, -0.1) is 6.58 Å². The zero-order valence-corrected chi connectivity index (χ0v) is 15.0. The molecule has 3 rings (SSSR count). The molecule has 0 saturated heterocycles. The molecule has 146 valence electrons. The van der Waals surface area contributed by atoms with Crippen molar-refractivity contribution in [1.29, 1.82) is 0 Å². The number of nitrogens with one attached hydrogen (secondary N) is 2. The fraction of sp³-hybridized carbons (Fsp3) is 0.0500. The minimum Gasteiger partial charge on any atom is -0.422 e. The van der Waals surface area contributed by atoms with Crippen LogP contribution in [-0.2, 0) is 6.42 Å². The van der Waals surface area contributed by atoms with Crippen molar-refractivity contribution in [3.63, 3.8) is 0 Å². The Hall–Kier alpha value is -4.27. The molecule has 0 aliphatic carbocycles. The molecule has 2 N–H and O–H groups in total. The number of hydrogen-bond acceptors (Lipinski definition) is 6. The number of fused-ring (bicyclic) bond motifs is 1. The van der Waals surface area contributed by atoms with Crippen molar-refractivity contribution in [2.75, 3.05) is 0 Å². The molecule has 1 aromatic heterocycles. The van der Waals surface area contributed by atoms with Gasteiger partial charge in [-0.3, -0.25) is 30.6 Å². The highest BCUT2D eigenvalue weighted by atomic mass is 16.6. The second-order valence-electron chi connectivity index (χ2n) is 5.99. The summed E-state index contributed by atoms with van der Waals surface area (Å²) < 4.78 is 5.28. The van der Waals surface area contributed by atoms with Crippen LogP contribution in [0.25, 0.3) is 11.0 Å². The number of hydrogen-bond donors (Lipinski definition) is 2. The number of rotatable bonds is 5. The number of carbonyl (C=O) groups excluding carboxylic acids is 2. The lowest BCUT2D eigenvalue weighted by Gasteiger charge is -2.08. The van der Waals surface area contributed by atoms with Crippen LogP contribution in [0.15, 0.2) is 70.4 Å². The van der Waals surface area contributed by atoms with Crippen LogP contribution in [0.5, 0.6) is 0 Å². The summed E-state index contributed by atoms with van der Waals surface area (Å²) in [4.78, 5) is 46.8. The first-order valence-electron chi connectivity index (χ1n) is 8.42. The van der Waals surface area contributed by atoms with E-state index in [0.717, 1.165) is 11.6 Å². The number of nitrogens with zero attached hydrogens (tertiary/aromatic N) is 1. The molecule has 9 nitrogen and oxygen atoms in total. The lowest BCUT2D eigenvalue weighted by Crippen LogP contribution is -2.43. The smallest absolute Gasteiger partial charge is 0.349 e. The summed E-state index contributed by atoms with van der Waals surface area (Å²) in [6.07, 6.45) is 2.16. The molecule has 0 aliphatic heterocycles. The Bertz CT molecular complexity index is 1200. The van der Waals surface area contributed by atoms with E-state index in [1.807, 2.05) is 0 Å². The third kappa shape index (κ3) is 4.19. The van der Waals surface area contributed by atoms with Crippen LogP contribution in [0.1, 0.15) is 26.3 Å². The number of non-ortho nitro benzene ring substituents is 1.